The van der Waals surface area contributed by atoms with Gasteiger partial charge < -0.3 is 0 Å². The molecule has 0 amide bonds. The second-order valence-corrected chi connectivity index (χ2v) is 6.83. The number of nitrogens with zero attached hydrogens (tertiary/aromatic N) is 3. The molecule has 24 heavy (non-hydrogen) atoms. The normalized spacial score (nSPS) is 20.5. The Bertz CT molecular complexity index is 795. The maximum absolute atomic E-state index is 14.2. The summed E-state index contributed by atoms with van der Waals surface area (Å²) in [5, 5.41) is 3.71. The van der Waals surface area contributed by atoms with Gasteiger partial charge in [0.1, 0.15) is 0 Å². The van der Waals surface area contributed by atoms with Gasteiger partial charge in [-0.05, 0) is 5.41 Å². The van der Waals surface area contributed by atoms with Crippen LogP contribution in [0.1, 0.15) is 45.2 Å². The van der Waals surface area contributed by atoms with Crippen LogP contribution in [0.15, 0.2) is 6.33 Å². The van der Waals surface area contributed by atoms with Crippen LogP contribution in [0, 0.1) is 34.5 Å². The van der Waals surface area contributed by atoms with Gasteiger partial charge in [-0.25, -0.2) is 22.1 Å². The first kappa shape index (κ1) is 16.8. The van der Waals surface area contributed by atoms with Gasteiger partial charge in [0, 0.05) is 11.5 Å². The fourth-order valence-corrected chi connectivity index (χ4v) is 2.92. The van der Waals surface area contributed by atoms with Crippen molar-refractivity contribution in [3.63, 3.8) is 0 Å². The zero-order chi connectivity index (χ0) is 18.0. The first-order valence-corrected chi connectivity index (χ1v) is 7.20. The van der Waals surface area contributed by atoms with Gasteiger partial charge >= 0.3 is 5.82 Å². The fraction of sp³-hybridized carbons (Fsp3) is 0.467. The Labute approximate surface area is 133 Å². The summed E-state index contributed by atoms with van der Waals surface area (Å²) in [5.74, 6) is -10.6. The van der Waals surface area contributed by atoms with Crippen molar-refractivity contribution in [2.45, 2.75) is 39.4 Å². The van der Waals surface area contributed by atoms with E-state index in [0.717, 1.165) is 6.33 Å². The summed E-state index contributed by atoms with van der Waals surface area (Å²) in [5.41, 5.74) is -1.61. The van der Waals surface area contributed by atoms with Crippen molar-refractivity contribution < 1.29 is 30.9 Å². The molecule has 2 aromatic rings. The van der Waals surface area contributed by atoms with Gasteiger partial charge in [0.05, 0.1) is 6.04 Å². The SMILES string of the molecule is CC(C)(C)[C@H]1C[C@@H](F)c2nn(-c3c(F)c(F)c(F)c(F)c3F)c[n+]21. The molecule has 1 aromatic heterocycles. The molecule has 0 unspecified atom stereocenters. The van der Waals surface area contributed by atoms with E-state index in [1.54, 1.807) is 0 Å². The van der Waals surface area contributed by atoms with Crippen LogP contribution in [-0.4, -0.2) is 9.78 Å². The maximum Gasteiger partial charge on any atom is 0.312 e. The minimum absolute atomic E-state index is 0.112. The highest BCUT2D eigenvalue weighted by Gasteiger charge is 2.46. The van der Waals surface area contributed by atoms with Crippen LogP contribution in [0.4, 0.5) is 26.3 Å². The van der Waals surface area contributed by atoms with Gasteiger partial charge in [0.15, 0.2) is 6.17 Å². The second-order valence-electron chi connectivity index (χ2n) is 6.83. The predicted molar refractivity (Wildman–Crippen MR) is 70.5 cm³/mol. The highest BCUT2D eigenvalue weighted by Crippen LogP contribution is 2.40. The smallest absolute Gasteiger partial charge is 0.235 e. The minimum atomic E-state index is -2.25. The van der Waals surface area contributed by atoms with E-state index in [9.17, 15) is 26.3 Å². The zero-order valence-electron chi connectivity index (χ0n) is 13.0. The van der Waals surface area contributed by atoms with Crippen molar-refractivity contribution in [3.05, 3.63) is 41.2 Å². The Kier molecular flexibility index (Phi) is 3.65. The number of halogens is 6. The monoisotopic (exact) mass is 350 g/mol. The van der Waals surface area contributed by atoms with Crippen molar-refractivity contribution in [2.24, 2.45) is 5.41 Å². The number of benzene rings is 1. The van der Waals surface area contributed by atoms with Crippen molar-refractivity contribution in [2.75, 3.05) is 0 Å². The topological polar surface area (TPSA) is 21.7 Å². The van der Waals surface area contributed by atoms with Gasteiger partial charge in [-0.15, -0.1) is 0 Å². The van der Waals surface area contributed by atoms with Crippen LogP contribution < -0.4 is 4.57 Å². The predicted octanol–water partition coefficient (Wildman–Crippen LogP) is 3.86. The first-order chi connectivity index (χ1) is 11.0. The Morgan fingerprint density at radius 3 is 2.00 bits per heavy atom. The molecule has 0 spiro atoms. The van der Waals surface area contributed by atoms with E-state index in [0.29, 0.717) is 4.68 Å². The van der Waals surface area contributed by atoms with E-state index in [1.807, 2.05) is 20.8 Å². The molecule has 1 aliphatic heterocycles. The van der Waals surface area contributed by atoms with E-state index in [4.69, 9.17) is 0 Å². The van der Waals surface area contributed by atoms with Gasteiger partial charge in [-0.1, -0.05) is 25.5 Å². The van der Waals surface area contributed by atoms with Crippen LogP contribution in [0.5, 0.6) is 0 Å². The molecule has 0 bridgehead atoms. The molecule has 0 saturated heterocycles. The third kappa shape index (κ3) is 2.29. The van der Waals surface area contributed by atoms with Crippen LogP contribution >= 0.6 is 0 Å². The standard InChI is InChI=1S/C15H14F6N3/c1-15(2,3)7-4-6(16)14-22-24(5-23(7)14)13-11(20)9(18)8(17)10(19)12(13)21/h5-7H,4H2,1-3H3/q+1/t6-,7-/m1/s1. The maximum atomic E-state index is 14.2. The van der Waals surface area contributed by atoms with Gasteiger partial charge in [-0.2, -0.15) is 8.78 Å². The number of rotatable bonds is 1. The summed E-state index contributed by atoms with van der Waals surface area (Å²) >= 11 is 0. The molecule has 1 aliphatic rings. The van der Waals surface area contributed by atoms with E-state index in [-0.39, 0.29) is 23.7 Å². The molecule has 2 atom stereocenters. The third-order valence-electron chi connectivity index (χ3n) is 4.17. The summed E-state index contributed by atoms with van der Waals surface area (Å²) in [4.78, 5) is 0. The molecule has 0 fully saturated rings. The number of hydrogen-bond acceptors (Lipinski definition) is 1. The lowest BCUT2D eigenvalue weighted by molar-refractivity contribution is -0.729. The summed E-state index contributed by atoms with van der Waals surface area (Å²) in [6.45, 7) is 5.55. The fourth-order valence-electron chi connectivity index (χ4n) is 2.92. The molecule has 130 valence electrons. The molecule has 0 saturated carbocycles. The highest BCUT2D eigenvalue weighted by atomic mass is 19.2. The van der Waals surface area contributed by atoms with Crippen molar-refractivity contribution in [3.8, 4) is 5.69 Å². The van der Waals surface area contributed by atoms with Crippen LogP contribution in [0.2, 0.25) is 0 Å². The highest BCUT2D eigenvalue weighted by molar-refractivity contribution is 5.36. The molecule has 0 radical (unpaired) electrons. The molecule has 0 N–H and O–H groups in total. The average Bonchev–Trinajstić information content (AvgIpc) is 3.03. The molecular weight excluding hydrogens is 336 g/mol. The van der Waals surface area contributed by atoms with Crippen molar-refractivity contribution >= 4 is 0 Å². The lowest BCUT2D eigenvalue weighted by atomic mass is 9.85. The molecule has 9 heteroatoms. The van der Waals surface area contributed by atoms with E-state index < -0.39 is 40.9 Å². The summed E-state index contributed by atoms with van der Waals surface area (Å²) in [6.07, 6.45) is -0.302. The summed E-state index contributed by atoms with van der Waals surface area (Å²) < 4.78 is 83.7. The minimum Gasteiger partial charge on any atom is -0.235 e. The van der Waals surface area contributed by atoms with E-state index in [2.05, 4.69) is 5.10 Å². The molecule has 3 nitrogen and oxygen atoms in total. The second kappa shape index (κ2) is 5.22. The van der Waals surface area contributed by atoms with Crippen molar-refractivity contribution in [1.29, 1.82) is 0 Å². The number of alkyl halides is 1. The molecule has 2 heterocycles. The van der Waals surface area contributed by atoms with Crippen molar-refractivity contribution in [1.82, 2.24) is 9.78 Å². The summed E-state index contributed by atoms with van der Waals surface area (Å²) in [6, 6.07) is -0.363. The van der Waals surface area contributed by atoms with Crippen LogP contribution in [0.3, 0.4) is 0 Å². The van der Waals surface area contributed by atoms with Crippen LogP contribution in [-0.2, 0) is 0 Å². The summed E-state index contributed by atoms with van der Waals surface area (Å²) in [7, 11) is 0. The molecule has 0 aliphatic carbocycles. The lowest BCUT2D eigenvalue weighted by Crippen LogP contribution is -2.43. The molecule has 1 aromatic carbocycles. The third-order valence-corrected chi connectivity index (χ3v) is 4.17. The van der Waals surface area contributed by atoms with Gasteiger partial charge in [-0.3, -0.25) is 0 Å². The number of aromatic nitrogens is 3. The molecular formula is C15H14F6N3+. The van der Waals surface area contributed by atoms with E-state index >= 15 is 0 Å². The van der Waals surface area contributed by atoms with Gasteiger partial charge in [0.25, 0.3) is 0 Å². The lowest BCUT2D eigenvalue weighted by Gasteiger charge is -2.24. The average molecular weight is 350 g/mol. The van der Waals surface area contributed by atoms with E-state index in [1.165, 1.54) is 4.57 Å². The Hall–Kier alpha value is -2.06. The number of fused-ring (bicyclic) bond motifs is 1. The zero-order valence-corrected chi connectivity index (χ0v) is 13.0. The Balaban J connectivity index is 2.20. The van der Waals surface area contributed by atoms with Gasteiger partial charge in [0.2, 0.25) is 41.1 Å². The Morgan fingerprint density at radius 2 is 1.50 bits per heavy atom. The number of hydrogen-bond donors (Lipinski definition) is 0. The largest absolute Gasteiger partial charge is 0.312 e. The van der Waals surface area contributed by atoms with Crippen LogP contribution in [0.25, 0.3) is 5.69 Å². The first-order valence-electron chi connectivity index (χ1n) is 7.20. The quantitative estimate of drug-likeness (QED) is 0.331. The Morgan fingerprint density at radius 1 is 1.00 bits per heavy atom. The molecule has 3 rings (SSSR count).